The van der Waals surface area contributed by atoms with Crippen LogP contribution >= 0.6 is 0 Å². The summed E-state index contributed by atoms with van der Waals surface area (Å²) in [5.41, 5.74) is 0. The maximum Gasteiger partial charge on any atom is 0.257 e. The Labute approximate surface area is 100 Å². The number of aryl methyl sites for hydroxylation is 1. The van der Waals surface area contributed by atoms with Crippen molar-refractivity contribution in [2.75, 3.05) is 26.4 Å². The van der Waals surface area contributed by atoms with E-state index in [1.165, 1.54) is 16.9 Å². The number of sulfonamides is 1. The Balaban J connectivity index is 2.34. The molecule has 8 heteroatoms. The summed E-state index contributed by atoms with van der Waals surface area (Å²) in [4.78, 5) is 0. The summed E-state index contributed by atoms with van der Waals surface area (Å²) in [5, 5.41) is 12.4. The second-order valence-corrected chi connectivity index (χ2v) is 5.09. The molecule has 17 heavy (non-hydrogen) atoms. The highest BCUT2D eigenvalue weighted by Gasteiger charge is 2.16. The first-order valence-electron chi connectivity index (χ1n) is 5.24. The van der Waals surface area contributed by atoms with Gasteiger partial charge in [-0.05, 0) is 12.5 Å². The molecular formula is C9H17N3O4S. The molecule has 0 unspecified atom stereocenters. The van der Waals surface area contributed by atoms with Crippen molar-refractivity contribution in [2.24, 2.45) is 7.05 Å². The number of rotatable bonds is 8. The largest absolute Gasteiger partial charge is 0.394 e. The monoisotopic (exact) mass is 263 g/mol. The van der Waals surface area contributed by atoms with Crippen molar-refractivity contribution in [3.05, 3.63) is 12.3 Å². The fraction of sp³-hybridized carbons (Fsp3) is 0.667. The van der Waals surface area contributed by atoms with Gasteiger partial charge in [0.1, 0.15) is 0 Å². The summed E-state index contributed by atoms with van der Waals surface area (Å²) < 4.78 is 32.3. The van der Waals surface area contributed by atoms with Crippen LogP contribution in [0, 0.1) is 0 Å². The number of hydrogen-bond donors (Lipinski definition) is 2. The lowest BCUT2D eigenvalue weighted by atomic mass is 10.5. The number of nitrogens with zero attached hydrogens (tertiary/aromatic N) is 2. The molecule has 0 spiro atoms. The average molecular weight is 263 g/mol. The normalized spacial score (nSPS) is 11.9. The van der Waals surface area contributed by atoms with E-state index in [0.717, 1.165) is 0 Å². The maximum atomic E-state index is 11.8. The van der Waals surface area contributed by atoms with Gasteiger partial charge in [0.2, 0.25) is 0 Å². The molecule has 1 aromatic rings. The van der Waals surface area contributed by atoms with Crippen LogP contribution in [-0.4, -0.2) is 49.7 Å². The van der Waals surface area contributed by atoms with E-state index >= 15 is 0 Å². The van der Waals surface area contributed by atoms with E-state index in [2.05, 4.69) is 9.82 Å². The summed E-state index contributed by atoms with van der Waals surface area (Å²) in [7, 11) is -1.93. The number of nitrogens with one attached hydrogen (secondary N) is 1. The van der Waals surface area contributed by atoms with Gasteiger partial charge < -0.3 is 9.84 Å². The summed E-state index contributed by atoms with van der Waals surface area (Å²) in [6.07, 6.45) is 1.98. The molecule has 0 saturated heterocycles. The van der Waals surface area contributed by atoms with Crippen LogP contribution in [0.5, 0.6) is 0 Å². The Morgan fingerprint density at radius 1 is 1.53 bits per heavy atom. The molecule has 98 valence electrons. The molecule has 1 heterocycles. The highest BCUT2D eigenvalue weighted by Crippen LogP contribution is 2.05. The van der Waals surface area contributed by atoms with Crippen molar-refractivity contribution >= 4 is 10.0 Å². The molecule has 1 rings (SSSR count). The van der Waals surface area contributed by atoms with Gasteiger partial charge in [-0.2, -0.15) is 5.10 Å². The average Bonchev–Trinajstić information content (AvgIpc) is 2.70. The summed E-state index contributed by atoms with van der Waals surface area (Å²) >= 11 is 0. The Morgan fingerprint density at radius 2 is 2.29 bits per heavy atom. The van der Waals surface area contributed by atoms with Gasteiger partial charge in [0.25, 0.3) is 10.0 Å². The van der Waals surface area contributed by atoms with Crippen LogP contribution in [0.4, 0.5) is 0 Å². The number of aliphatic hydroxyl groups excluding tert-OH is 1. The van der Waals surface area contributed by atoms with Gasteiger partial charge in [0.15, 0.2) is 5.03 Å². The molecule has 0 aromatic carbocycles. The number of ether oxygens (including phenoxy) is 1. The lowest BCUT2D eigenvalue weighted by Crippen LogP contribution is -2.27. The maximum absolute atomic E-state index is 11.8. The first-order valence-corrected chi connectivity index (χ1v) is 6.72. The van der Waals surface area contributed by atoms with Crippen LogP contribution in [0.3, 0.4) is 0 Å². The van der Waals surface area contributed by atoms with Crippen LogP contribution in [0.15, 0.2) is 17.3 Å². The lowest BCUT2D eigenvalue weighted by molar-refractivity contribution is 0.0913. The number of aliphatic hydroxyl groups is 1. The van der Waals surface area contributed by atoms with Gasteiger partial charge in [-0.25, -0.2) is 13.1 Å². The Hall–Kier alpha value is -0.960. The van der Waals surface area contributed by atoms with E-state index in [1.807, 2.05) is 0 Å². The van der Waals surface area contributed by atoms with Crippen LogP contribution in [0.1, 0.15) is 6.42 Å². The van der Waals surface area contributed by atoms with Crippen molar-refractivity contribution in [1.29, 1.82) is 0 Å². The highest BCUT2D eigenvalue weighted by atomic mass is 32.2. The van der Waals surface area contributed by atoms with Crippen molar-refractivity contribution in [2.45, 2.75) is 11.4 Å². The zero-order valence-electron chi connectivity index (χ0n) is 9.66. The van der Waals surface area contributed by atoms with E-state index in [-0.39, 0.29) is 18.2 Å². The SMILES string of the molecule is Cn1nccc1S(=O)(=O)NCCCOCCO. The van der Waals surface area contributed by atoms with Crippen molar-refractivity contribution < 1.29 is 18.3 Å². The molecule has 0 aliphatic rings. The summed E-state index contributed by atoms with van der Waals surface area (Å²) in [5.74, 6) is 0. The van der Waals surface area contributed by atoms with Gasteiger partial charge in [-0.15, -0.1) is 0 Å². The Kier molecular flexibility index (Phi) is 5.56. The van der Waals surface area contributed by atoms with E-state index in [1.54, 1.807) is 7.05 Å². The third kappa shape index (κ3) is 4.43. The minimum Gasteiger partial charge on any atom is -0.394 e. The van der Waals surface area contributed by atoms with E-state index < -0.39 is 10.0 Å². The van der Waals surface area contributed by atoms with Crippen molar-refractivity contribution in [3.8, 4) is 0 Å². The predicted molar refractivity (Wildman–Crippen MR) is 60.9 cm³/mol. The minimum absolute atomic E-state index is 0.0270. The van der Waals surface area contributed by atoms with Crippen molar-refractivity contribution in [3.63, 3.8) is 0 Å². The molecule has 0 atom stereocenters. The molecular weight excluding hydrogens is 246 g/mol. The van der Waals surface area contributed by atoms with E-state index in [4.69, 9.17) is 9.84 Å². The Morgan fingerprint density at radius 3 is 2.88 bits per heavy atom. The zero-order chi connectivity index (χ0) is 12.7. The summed E-state index contributed by atoms with van der Waals surface area (Å²) in [6, 6.07) is 1.44. The zero-order valence-corrected chi connectivity index (χ0v) is 10.5. The molecule has 0 fully saturated rings. The number of aromatic nitrogens is 2. The topological polar surface area (TPSA) is 93.5 Å². The number of hydrogen-bond acceptors (Lipinski definition) is 5. The molecule has 0 radical (unpaired) electrons. The molecule has 7 nitrogen and oxygen atoms in total. The fourth-order valence-corrected chi connectivity index (χ4v) is 2.44. The molecule has 0 aliphatic carbocycles. The van der Waals surface area contributed by atoms with Crippen LogP contribution in [0.2, 0.25) is 0 Å². The van der Waals surface area contributed by atoms with E-state index in [9.17, 15) is 8.42 Å². The molecule has 0 aliphatic heterocycles. The third-order valence-electron chi connectivity index (χ3n) is 2.04. The molecule has 0 bridgehead atoms. The standard InChI is InChI=1S/C9H17N3O4S/c1-12-9(3-5-10-12)17(14,15)11-4-2-7-16-8-6-13/h3,5,11,13H,2,4,6-8H2,1H3. The molecule has 0 amide bonds. The van der Waals surface area contributed by atoms with Gasteiger partial charge in [0.05, 0.1) is 19.4 Å². The Bertz CT molecular complexity index is 429. The smallest absolute Gasteiger partial charge is 0.257 e. The summed E-state index contributed by atoms with van der Waals surface area (Å²) in [6.45, 7) is 0.947. The van der Waals surface area contributed by atoms with Gasteiger partial charge in [-0.1, -0.05) is 0 Å². The third-order valence-corrected chi connectivity index (χ3v) is 3.58. The quantitative estimate of drug-likeness (QED) is 0.593. The second kappa shape index (κ2) is 6.70. The van der Waals surface area contributed by atoms with Crippen molar-refractivity contribution in [1.82, 2.24) is 14.5 Å². The fourth-order valence-electron chi connectivity index (χ4n) is 1.25. The van der Waals surface area contributed by atoms with E-state index in [0.29, 0.717) is 19.6 Å². The minimum atomic E-state index is -3.49. The first kappa shape index (κ1) is 14.1. The van der Waals surface area contributed by atoms with Crippen LogP contribution < -0.4 is 4.72 Å². The van der Waals surface area contributed by atoms with Crippen LogP contribution in [0.25, 0.3) is 0 Å². The second-order valence-electron chi connectivity index (χ2n) is 3.38. The molecule has 2 N–H and O–H groups in total. The first-order chi connectivity index (χ1) is 8.08. The van der Waals surface area contributed by atoms with Gasteiger partial charge in [-0.3, -0.25) is 4.68 Å². The predicted octanol–water partition coefficient (Wildman–Crippen LogP) is -0.903. The van der Waals surface area contributed by atoms with Gasteiger partial charge >= 0.3 is 0 Å². The lowest BCUT2D eigenvalue weighted by Gasteiger charge is -2.06. The molecule has 1 aromatic heterocycles. The van der Waals surface area contributed by atoms with Gasteiger partial charge in [0, 0.05) is 20.2 Å². The highest BCUT2D eigenvalue weighted by molar-refractivity contribution is 7.89. The molecule has 0 saturated carbocycles. The van der Waals surface area contributed by atoms with Crippen LogP contribution in [-0.2, 0) is 21.8 Å².